The van der Waals surface area contributed by atoms with Crippen molar-refractivity contribution < 1.29 is 4.79 Å². The molecule has 0 fully saturated rings. The number of fused-ring (bicyclic) bond motifs is 1. The van der Waals surface area contributed by atoms with Gasteiger partial charge in [0.25, 0.3) is 0 Å². The molecule has 0 unspecified atom stereocenters. The molecule has 3 aromatic carbocycles. The van der Waals surface area contributed by atoms with Crippen LogP contribution in [0.1, 0.15) is 15.9 Å². The molecule has 0 radical (unpaired) electrons. The predicted octanol–water partition coefficient (Wildman–Crippen LogP) is 3.60. The summed E-state index contributed by atoms with van der Waals surface area (Å²) in [5, 5.41) is 9.56. The Labute approximate surface area is 122 Å². The predicted molar refractivity (Wildman–Crippen MR) is 85.8 cm³/mol. The summed E-state index contributed by atoms with van der Waals surface area (Å²) in [6.45, 7) is 0. The van der Waals surface area contributed by atoms with Crippen LogP contribution in [-0.2, 0) is 0 Å². The Morgan fingerprint density at radius 3 is 2.43 bits per heavy atom. The van der Waals surface area contributed by atoms with Crippen molar-refractivity contribution in [3.8, 4) is 11.1 Å². The minimum Gasteiger partial charge on any atom is -0.384 e. The van der Waals surface area contributed by atoms with Crippen molar-refractivity contribution in [3.05, 3.63) is 71.8 Å². The highest BCUT2D eigenvalue weighted by Crippen LogP contribution is 2.27. The molecule has 3 nitrogen and oxygen atoms in total. The largest absolute Gasteiger partial charge is 0.384 e. The summed E-state index contributed by atoms with van der Waals surface area (Å²) in [5.74, 6) is 0.0623. The standard InChI is InChI=1S/C18H14N2O/c19-18(20)15-8-6-12-9-14(7-5-13(12)10-15)17-4-2-1-3-16(17)11-21/h1-11H,(H3,19,20). The Morgan fingerprint density at radius 2 is 1.67 bits per heavy atom. The number of benzene rings is 3. The topological polar surface area (TPSA) is 66.9 Å². The van der Waals surface area contributed by atoms with E-state index in [2.05, 4.69) is 0 Å². The van der Waals surface area contributed by atoms with Crippen molar-refractivity contribution in [2.45, 2.75) is 0 Å². The molecule has 0 aromatic heterocycles. The van der Waals surface area contributed by atoms with Gasteiger partial charge in [-0.25, -0.2) is 0 Å². The van der Waals surface area contributed by atoms with E-state index in [1.807, 2.05) is 60.7 Å². The van der Waals surface area contributed by atoms with E-state index in [0.717, 1.165) is 28.2 Å². The minimum absolute atomic E-state index is 0.0623. The molecule has 0 aliphatic carbocycles. The van der Waals surface area contributed by atoms with Crippen molar-refractivity contribution >= 4 is 22.9 Å². The monoisotopic (exact) mass is 274 g/mol. The van der Waals surface area contributed by atoms with Crippen LogP contribution >= 0.6 is 0 Å². The third-order valence-corrected chi connectivity index (χ3v) is 3.55. The van der Waals surface area contributed by atoms with E-state index >= 15 is 0 Å². The van der Waals surface area contributed by atoms with Crippen LogP contribution in [0.4, 0.5) is 0 Å². The van der Waals surface area contributed by atoms with Crippen molar-refractivity contribution in [3.63, 3.8) is 0 Å². The number of nitrogens with two attached hydrogens (primary N) is 1. The molecule has 0 saturated carbocycles. The fourth-order valence-electron chi connectivity index (χ4n) is 2.44. The third kappa shape index (κ3) is 2.41. The molecule has 0 atom stereocenters. The van der Waals surface area contributed by atoms with Gasteiger partial charge < -0.3 is 5.73 Å². The molecule has 3 N–H and O–H groups in total. The first-order valence-electron chi connectivity index (χ1n) is 6.62. The van der Waals surface area contributed by atoms with Crippen molar-refractivity contribution in [1.82, 2.24) is 0 Å². The van der Waals surface area contributed by atoms with E-state index < -0.39 is 0 Å². The fraction of sp³-hybridized carbons (Fsp3) is 0. The van der Waals surface area contributed by atoms with Gasteiger partial charge in [-0.05, 0) is 34.0 Å². The average Bonchev–Trinajstić information content (AvgIpc) is 2.53. The van der Waals surface area contributed by atoms with Crippen LogP contribution in [0.15, 0.2) is 60.7 Å². The molecule has 3 heteroatoms. The Balaban J connectivity index is 2.15. The second-order valence-electron chi connectivity index (χ2n) is 4.90. The van der Waals surface area contributed by atoms with E-state index in [4.69, 9.17) is 11.1 Å². The molecule has 0 heterocycles. The normalized spacial score (nSPS) is 10.5. The van der Waals surface area contributed by atoms with E-state index in [0.29, 0.717) is 11.1 Å². The van der Waals surface area contributed by atoms with E-state index in [1.165, 1.54) is 0 Å². The molecule has 0 amide bonds. The average molecular weight is 274 g/mol. The number of carbonyl (C=O) groups excluding carboxylic acids is 1. The molecule has 0 spiro atoms. The van der Waals surface area contributed by atoms with Gasteiger partial charge in [-0.2, -0.15) is 0 Å². The molecule has 0 saturated heterocycles. The first kappa shape index (κ1) is 13.1. The first-order valence-corrected chi connectivity index (χ1v) is 6.62. The third-order valence-electron chi connectivity index (χ3n) is 3.55. The molecule has 0 bridgehead atoms. The van der Waals surface area contributed by atoms with Gasteiger partial charge in [0.05, 0.1) is 0 Å². The zero-order chi connectivity index (χ0) is 14.8. The van der Waals surface area contributed by atoms with Crippen LogP contribution < -0.4 is 5.73 Å². The smallest absolute Gasteiger partial charge is 0.150 e. The lowest BCUT2D eigenvalue weighted by atomic mass is 9.97. The van der Waals surface area contributed by atoms with Gasteiger partial charge in [-0.15, -0.1) is 0 Å². The van der Waals surface area contributed by atoms with Crippen molar-refractivity contribution in [2.75, 3.05) is 0 Å². The van der Waals surface area contributed by atoms with Crippen LogP contribution in [0.5, 0.6) is 0 Å². The van der Waals surface area contributed by atoms with Crippen LogP contribution in [0.2, 0.25) is 0 Å². The summed E-state index contributed by atoms with van der Waals surface area (Å²) in [5.41, 5.74) is 8.82. The van der Waals surface area contributed by atoms with Crippen LogP contribution in [0.25, 0.3) is 21.9 Å². The maximum Gasteiger partial charge on any atom is 0.150 e. The molecule has 3 rings (SSSR count). The molecule has 0 aliphatic heterocycles. The second-order valence-corrected chi connectivity index (χ2v) is 4.90. The maximum absolute atomic E-state index is 11.1. The summed E-state index contributed by atoms with van der Waals surface area (Å²) in [7, 11) is 0. The van der Waals surface area contributed by atoms with Gasteiger partial charge in [-0.1, -0.05) is 48.5 Å². The molecular formula is C18H14N2O. The Morgan fingerprint density at radius 1 is 0.952 bits per heavy atom. The van der Waals surface area contributed by atoms with Gasteiger partial charge in [0, 0.05) is 11.1 Å². The van der Waals surface area contributed by atoms with E-state index in [-0.39, 0.29) is 5.84 Å². The van der Waals surface area contributed by atoms with Crippen molar-refractivity contribution in [1.29, 1.82) is 5.41 Å². The number of rotatable bonds is 3. The number of amidine groups is 1. The van der Waals surface area contributed by atoms with Crippen LogP contribution in [0, 0.1) is 5.41 Å². The lowest BCUT2D eigenvalue weighted by molar-refractivity contribution is 0.112. The number of hydrogen-bond donors (Lipinski definition) is 2. The molecule has 102 valence electrons. The lowest BCUT2D eigenvalue weighted by Gasteiger charge is -2.07. The number of carbonyl (C=O) groups is 1. The number of aldehydes is 1. The Hall–Kier alpha value is -2.94. The van der Waals surface area contributed by atoms with Gasteiger partial charge >= 0.3 is 0 Å². The maximum atomic E-state index is 11.1. The summed E-state index contributed by atoms with van der Waals surface area (Å²) in [6.07, 6.45) is 0.873. The number of nitrogens with one attached hydrogen (secondary N) is 1. The second kappa shape index (κ2) is 5.21. The Kier molecular flexibility index (Phi) is 3.24. The molecule has 0 aliphatic rings. The highest BCUT2D eigenvalue weighted by molar-refractivity contribution is 6.00. The van der Waals surface area contributed by atoms with E-state index in [9.17, 15) is 4.79 Å². The summed E-state index contributed by atoms with van der Waals surface area (Å²) < 4.78 is 0. The van der Waals surface area contributed by atoms with Crippen LogP contribution in [0.3, 0.4) is 0 Å². The lowest BCUT2D eigenvalue weighted by Crippen LogP contribution is -2.10. The van der Waals surface area contributed by atoms with Crippen LogP contribution in [-0.4, -0.2) is 12.1 Å². The quantitative estimate of drug-likeness (QED) is 0.435. The zero-order valence-electron chi connectivity index (χ0n) is 11.3. The zero-order valence-corrected chi connectivity index (χ0v) is 11.3. The van der Waals surface area contributed by atoms with Gasteiger partial charge in [0.15, 0.2) is 6.29 Å². The van der Waals surface area contributed by atoms with Crippen molar-refractivity contribution in [2.24, 2.45) is 5.73 Å². The molecule has 21 heavy (non-hydrogen) atoms. The summed E-state index contributed by atoms with van der Waals surface area (Å²) in [4.78, 5) is 11.1. The summed E-state index contributed by atoms with van der Waals surface area (Å²) >= 11 is 0. The molecular weight excluding hydrogens is 260 g/mol. The Bertz CT molecular complexity index is 853. The number of nitrogen functional groups attached to an aromatic ring is 1. The SMILES string of the molecule is N=C(N)c1ccc2cc(-c3ccccc3C=O)ccc2c1. The molecule has 3 aromatic rings. The summed E-state index contributed by atoms with van der Waals surface area (Å²) in [6, 6.07) is 19.2. The van der Waals surface area contributed by atoms with E-state index in [1.54, 1.807) is 0 Å². The van der Waals surface area contributed by atoms with Gasteiger partial charge in [0.1, 0.15) is 5.84 Å². The highest BCUT2D eigenvalue weighted by Gasteiger charge is 2.05. The van der Waals surface area contributed by atoms with Gasteiger partial charge in [0.2, 0.25) is 0 Å². The van der Waals surface area contributed by atoms with Gasteiger partial charge in [-0.3, -0.25) is 10.2 Å². The highest BCUT2D eigenvalue weighted by atomic mass is 16.1. The number of hydrogen-bond acceptors (Lipinski definition) is 2. The fourth-order valence-corrected chi connectivity index (χ4v) is 2.44. The first-order chi connectivity index (χ1) is 10.2. The minimum atomic E-state index is 0.0623.